The topological polar surface area (TPSA) is 15.3 Å². The number of hydrogen-bond acceptors (Lipinski definition) is 2. The van der Waals surface area contributed by atoms with E-state index in [9.17, 15) is 0 Å². The zero-order chi connectivity index (χ0) is 9.90. The van der Waals surface area contributed by atoms with Crippen molar-refractivity contribution in [2.75, 3.05) is 20.1 Å². The Kier molecular flexibility index (Phi) is 3.74. The van der Waals surface area contributed by atoms with Crippen LogP contribution in [0.2, 0.25) is 0 Å². The van der Waals surface area contributed by atoms with Crippen molar-refractivity contribution in [3.05, 3.63) is 0 Å². The smallest absolute Gasteiger partial charge is 0.0334 e. The minimum absolute atomic E-state index is 0.401. The second kappa shape index (κ2) is 4.43. The van der Waals surface area contributed by atoms with Gasteiger partial charge in [0.1, 0.15) is 0 Å². The summed E-state index contributed by atoms with van der Waals surface area (Å²) in [5.41, 5.74) is 0.401. The van der Waals surface area contributed by atoms with Gasteiger partial charge in [0.05, 0.1) is 0 Å². The van der Waals surface area contributed by atoms with Crippen LogP contribution in [0.15, 0.2) is 0 Å². The average molecular weight is 184 g/mol. The van der Waals surface area contributed by atoms with Gasteiger partial charge >= 0.3 is 0 Å². The summed E-state index contributed by atoms with van der Waals surface area (Å²) in [6, 6.07) is 0.687. The van der Waals surface area contributed by atoms with Crippen molar-refractivity contribution in [3.8, 4) is 0 Å². The van der Waals surface area contributed by atoms with Crippen molar-refractivity contribution in [1.29, 1.82) is 0 Å². The van der Waals surface area contributed by atoms with E-state index in [4.69, 9.17) is 0 Å². The molecular formula is C11H24N2. The van der Waals surface area contributed by atoms with Gasteiger partial charge in [-0.3, -0.25) is 4.90 Å². The second-order valence-electron chi connectivity index (χ2n) is 4.26. The average Bonchev–Trinajstić information content (AvgIpc) is 2.49. The van der Waals surface area contributed by atoms with Gasteiger partial charge in [-0.1, -0.05) is 13.8 Å². The van der Waals surface area contributed by atoms with Crippen LogP contribution in [-0.2, 0) is 0 Å². The summed E-state index contributed by atoms with van der Waals surface area (Å²) in [6.07, 6.45) is 4.06. The van der Waals surface area contributed by atoms with E-state index in [0.717, 1.165) is 0 Å². The summed E-state index contributed by atoms with van der Waals surface area (Å²) >= 11 is 0. The quantitative estimate of drug-likeness (QED) is 0.717. The van der Waals surface area contributed by atoms with Gasteiger partial charge < -0.3 is 5.32 Å². The van der Waals surface area contributed by atoms with E-state index in [1.807, 2.05) is 0 Å². The molecule has 1 aliphatic rings. The molecule has 2 unspecified atom stereocenters. The molecular weight excluding hydrogens is 160 g/mol. The summed E-state index contributed by atoms with van der Waals surface area (Å²) in [4.78, 5) is 2.60. The van der Waals surface area contributed by atoms with Crippen molar-refractivity contribution in [3.63, 3.8) is 0 Å². The summed E-state index contributed by atoms with van der Waals surface area (Å²) in [5, 5.41) is 3.46. The summed E-state index contributed by atoms with van der Waals surface area (Å²) in [7, 11) is 2.09. The molecule has 0 aromatic carbocycles. The standard InChI is InChI=1S/C11H24N2/c1-5-13(6-2)11(3)9-7-8-10(11)12-4/h10,12H,5-9H2,1-4H3. The molecule has 0 spiro atoms. The number of likely N-dealkylation sites (N-methyl/N-ethyl adjacent to an activating group) is 2. The lowest BCUT2D eigenvalue weighted by Gasteiger charge is -2.42. The predicted octanol–water partition coefficient (Wildman–Crippen LogP) is 1.86. The van der Waals surface area contributed by atoms with Crippen LogP contribution in [0.4, 0.5) is 0 Å². The van der Waals surface area contributed by atoms with Crippen molar-refractivity contribution >= 4 is 0 Å². The van der Waals surface area contributed by atoms with Gasteiger partial charge in [-0.2, -0.15) is 0 Å². The van der Waals surface area contributed by atoms with Crippen molar-refractivity contribution < 1.29 is 0 Å². The van der Waals surface area contributed by atoms with Crippen LogP contribution in [0.5, 0.6) is 0 Å². The molecule has 0 aromatic rings. The first-order valence-corrected chi connectivity index (χ1v) is 5.61. The fraction of sp³-hybridized carbons (Fsp3) is 1.00. The Labute approximate surface area is 82.7 Å². The van der Waals surface area contributed by atoms with Gasteiger partial charge in [0, 0.05) is 11.6 Å². The second-order valence-corrected chi connectivity index (χ2v) is 4.26. The maximum absolute atomic E-state index is 3.46. The minimum atomic E-state index is 0.401. The van der Waals surface area contributed by atoms with Crippen LogP contribution in [0.25, 0.3) is 0 Å². The van der Waals surface area contributed by atoms with Crippen LogP contribution in [0.1, 0.15) is 40.0 Å². The van der Waals surface area contributed by atoms with Gasteiger partial charge in [-0.15, -0.1) is 0 Å². The molecule has 0 aromatic heterocycles. The van der Waals surface area contributed by atoms with Gasteiger partial charge in [0.15, 0.2) is 0 Å². The SMILES string of the molecule is CCN(CC)C1(C)CCCC1NC. The molecule has 1 fully saturated rings. The summed E-state index contributed by atoms with van der Waals surface area (Å²) in [6.45, 7) is 9.28. The molecule has 78 valence electrons. The van der Waals surface area contributed by atoms with Crippen LogP contribution >= 0.6 is 0 Å². The summed E-state index contributed by atoms with van der Waals surface area (Å²) < 4.78 is 0. The maximum atomic E-state index is 3.46. The van der Waals surface area contributed by atoms with Gasteiger partial charge in [0.25, 0.3) is 0 Å². The molecule has 2 atom stereocenters. The van der Waals surface area contributed by atoms with E-state index in [0.29, 0.717) is 11.6 Å². The molecule has 0 bridgehead atoms. The fourth-order valence-electron chi connectivity index (χ4n) is 2.93. The Hall–Kier alpha value is -0.0800. The zero-order valence-corrected chi connectivity index (χ0v) is 9.56. The number of nitrogens with zero attached hydrogens (tertiary/aromatic N) is 1. The lowest BCUT2D eigenvalue weighted by atomic mass is 9.93. The molecule has 2 heteroatoms. The Morgan fingerprint density at radius 3 is 2.46 bits per heavy atom. The van der Waals surface area contributed by atoms with E-state index in [-0.39, 0.29) is 0 Å². The highest BCUT2D eigenvalue weighted by atomic mass is 15.2. The predicted molar refractivity (Wildman–Crippen MR) is 58.0 cm³/mol. The minimum Gasteiger partial charge on any atom is -0.315 e. The molecule has 0 heterocycles. The molecule has 2 nitrogen and oxygen atoms in total. The van der Waals surface area contributed by atoms with Crippen LogP contribution < -0.4 is 5.32 Å². The first-order valence-electron chi connectivity index (χ1n) is 5.61. The highest BCUT2D eigenvalue weighted by Crippen LogP contribution is 2.34. The van der Waals surface area contributed by atoms with Gasteiger partial charge in [-0.05, 0) is 46.3 Å². The molecule has 1 aliphatic carbocycles. The van der Waals surface area contributed by atoms with Crippen molar-refractivity contribution in [2.24, 2.45) is 0 Å². The molecule has 1 saturated carbocycles. The maximum Gasteiger partial charge on any atom is 0.0334 e. The van der Waals surface area contributed by atoms with Crippen LogP contribution in [0, 0.1) is 0 Å². The van der Waals surface area contributed by atoms with E-state index in [2.05, 4.69) is 38.0 Å². The lowest BCUT2D eigenvalue weighted by Crippen LogP contribution is -2.55. The van der Waals surface area contributed by atoms with Crippen molar-refractivity contribution in [2.45, 2.75) is 51.6 Å². The highest BCUT2D eigenvalue weighted by Gasteiger charge is 2.41. The molecule has 0 saturated heterocycles. The molecule has 0 radical (unpaired) electrons. The number of nitrogens with one attached hydrogen (secondary N) is 1. The lowest BCUT2D eigenvalue weighted by molar-refractivity contribution is 0.0969. The molecule has 13 heavy (non-hydrogen) atoms. The van der Waals surface area contributed by atoms with E-state index in [1.165, 1.54) is 32.4 Å². The Bertz CT molecular complexity index is 154. The fourth-order valence-corrected chi connectivity index (χ4v) is 2.93. The van der Waals surface area contributed by atoms with E-state index >= 15 is 0 Å². The largest absolute Gasteiger partial charge is 0.315 e. The van der Waals surface area contributed by atoms with E-state index < -0.39 is 0 Å². The number of hydrogen-bond donors (Lipinski definition) is 1. The highest BCUT2D eigenvalue weighted by molar-refractivity contribution is 5.00. The van der Waals surface area contributed by atoms with Crippen LogP contribution in [0.3, 0.4) is 0 Å². The molecule has 1 N–H and O–H groups in total. The van der Waals surface area contributed by atoms with Crippen LogP contribution in [-0.4, -0.2) is 36.6 Å². The Balaban J connectivity index is 2.71. The summed E-state index contributed by atoms with van der Waals surface area (Å²) in [5.74, 6) is 0. The molecule has 0 amide bonds. The Morgan fingerprint density at radius 1 is 1.38 bits per heavy atom. The third-order valence-electron chi connectivity index (χ3n) is 3.76. The number of rotatable bonds is 4. The first kappa shape index (κ1) is 11.0. The normalized spacial score (nSPS) is 34.4. The van der Waals surface area contributed by atoms with Gasteiger partial charge in [0.2, 0.25) is 0 Å². The van der Waals surface area contributed by atoms with Crippen molar-refractivity contribution in [1.82, 2.24) is 10.2 Å². The third kappa shape index (κ3) is 1.89. The molecule has 0 aliphatic heterocycles. The van der Waals surface area contributed by atoms with E-state index in [1.54, 1.807) is 0 Å². The monoisotopic (exact) mass is 184 g/mol. The molecule has 1 rings (SSSR count). The van der Waals surface area contributed by atoms with Gasteiger partial charge in [-0.25, -0.2) is 0 Å². The third-order valence-corrected chi connectivity index (χ3v) is 3.76. The Morgan fingerprint density at radius 2 is 2.00 bits per heavy atom. The first-order chi connectivity index (χ1) is 6.19. The zero-order valence-electron chi connectivity index (χ0n) is 9.56.